The second-order valence-electron chi connectivity index (χ2n) is 5.02. The van der Waals surface area contributed by atoms with Crippen LogP contribution in [0.2, 0.25) is 0 Å². The second kappa shape index (κ2) is 9.67. The first-order chi connectivity index (χ1) is 10.7. The highest BCUT2D eigenvalue weighted by molar-refractivity contribution is 5.72. The van der Waals surface area contributed by atoms with Crippen LogP contribution in [-0.4, -0.2) is 22.6 Å². The van der Waals surface area contributed by atoms with Crippen LogP contribution in [0.25, 0.3) is 0 Å². The molecule has 0 aliphatic carbocycles. The number of hydrogen-bond acceptors (Lipinski definition) is 3. The minimum absolute atomic E-state index is 0. The molecule has 1 unspecified atom stereocenters. The molecule has 23 heavy (non-hydrogen) atoms. The van der Waals surface area contributed by atoms with E-state index in [4.69, 9.17) is 9.94 Å². The first-order valence-electron chi connectivity index (χ1n) is 7.07. The van der Waals surface area contributed by atoms with Crippen molar-refractivity contribution in [1.82, 2.24) is 4.57 Å². The summed E-state index contributed by atoms with van der Waals surface area (Å²) in [7, 11) is 1.88. The SMILES string of the molecule is CC(C#Cc1ccccc1)COCn1cc[n+](C)c1/C=N\O.[Cl-]. The number of rotatable bonds is 5. The van der Waals surface area contributed by atoms with Gasteiger partial charge in [0.15, 0.2) is 12.9 Å². The quantitative estimate of drug-likeness (QED) is 0.245. The Morgan fingerprint density at radius 1 is 1.39 bits per heavy atom. The van der Waals surface area contributed by atoms with Crippen LogP contribution in [0, 0.1) is 17.8 Å². The zero-order valence-electron chi connectivity index (χ0n) is 13.2. The maximum absolute atomic E-state index is 8.66. The molecule has 0 saturated heterocycles. The molecule has 0 radical (unpaired) electrons. The van der Waals surface area contributed by atoms with Crippen molar-refractivity contribution in [2.45, 2.75) is 13.7 Å². The maximum Gasteiger partial charge on any atom is 0.305 e. The fourth-order valence-corrected chi connectivity index (χ4v) is 1.96. The van der Waals surface area contributed by atoms with Crippen molar-refractivity contribution in [3.63, 3.8) is 0 Å². The van der Waals surface area contributed by atoms with Gasteiger partial charge < -0.3 is 22.4 Å². The Hall–Kier alpha value is -2.29. The summed E-state index contributed by atoms with van der Waals surface area (Å²) in [5, 5.41) is 11.7. The minimum Gasteiger partial charge on any atom is -1.00 e. The zero-order valence-corrected chi connectivity index (χ0v) is 13.9. The Labute approximate surface area is 142 Å². The van der Waals surface area contributed by atoms with Gasteiger partial charge in [0.2, 0.25) is 0 Å². The van der Waals surface area contributed by atoms with E-state index in [9.17, 15) is 0 Å². The van der Waals surface area contributed by atoms with Crippen LogP contribution in [0.1, 0.15) is 18.3 Å². The number of oxime groups is 1. The molecule has 2 aromatic rings. The van der Waals surface area contributed by atoms with E-state index in [2.05, 4.69) is 17.0 Å². The monoisotopic (exact) mass is 333 g/mol. The summed E-state index contributed by atoms with van der Waals surface area (Å²) in [5.41, 5.74) is 1.01. The molecule has 122 valence electrons. The molecule has 0 saturated carbocycles. The number of nitrogens with zero attached hydrogens (tertiary/aromatic N) is 3. The van der Waals surface area contributed by atoms with Gasteiger partial charge in [-0.3, -0.25) is 0 Å². The molecule has 0 fully saturated rings. The van der Waals surface area contributed by atoms with Crippen molar-refractivity contribution in [1.29, 1.82) is 0 Å². The van der Waals surface area contributed by atoms with Crippen LogP contribution < -0.4 is 17.0 Å². The molecule has 1 N–H and O–H groups in total. The average Bonchev–Trinajstić information content (AvgIpc) is 2.88. The van der Waals surface area contributed by atoms with E-state index in [1.165, 1.54) is 6.21 Å². The summed E-state index contributed by atoms with van der Waals surface area (Å²) < 4.78 is 9.38. The summed E-state index contributed by atoms with van der Waals surface area (Å²) in [6.07, 6.45) is 5.12. The molecule has 1 atom stereocenters. The highest BCUT2D eigenvalue weighted by Gasteiger charge is 2.12. The predicted octanol–water partition coefficient (Wildman–Crippen LogP) is -1.21. The van der Waals surface area contributed by atoms with Crippen LogP contribution in [0.5, 0.6) is 0 Å². The first kappa shape index (κ1) is 18.8. The topological polar surface area (TPSA) is 50.6 Å². The van der Waals surface area contributed by atoms with Gasteiger partial charge in [-0.1, -0.05) is 35.2 Å². The van der Waals surface area contributed by atoms with Crippen LogP contribution in [0.3, 0.4) is 0 Å². The van der Waals surface area contributed by atoms with Gasteiger partial charge in [0.1, 0.15) is 12.4 Å². The molecule has 0 spiro atoms. The van der Waals surface area contributed by atoms with Gasteiger partial charge in [-0.25, -0.2) is 9.13 Å². The highest BCUT2D eigenvalue weighted by atomic mass is 35.5. The Balaban J connectivity index is 0.00000264. The van der Waals surface area contributed by atoms with Crippen LogP contribution in [0.4, 0.5) is 0 Å². The predicted molar refractivity (Wildman–Crippen MR) is 83.4 cm³/mol. The molecule has 0 aliphatic heterocycles. The van der Waals surface area contributed by atoms with E-state index in [-0.39, 0.29) is 18.3 Å². The minimum atomic E-state index is 0. The molecule has 5 nitrogen and oxygen atoms in total. The third-order valence-electron chi connectivity index (χ3n) is 3.13. The summed E-state index contributed by atoms with van der Waals surface area (Å²) in [4.78, 5) is 0. The zero-order chi connectivity index (χ0) is 15.8. The van der Waals surface area contributed by atoms with Gasteiger partial charge in [0, 0.05) is 11.5 Å². The van der Waals surface area contributed by atoms with Crippen LogP contribution >= 0.6 is 0 Å². The van der Waals surface area contributed by atoms with E-state index in [0.717, 1.165) is 11.4 Å². The molecule has 2 rings (SSSR count). The average molecular weight is 334 g/mol. The molecule has 0 amide bonds. The van der Waals surface area contributed by atoms with Gasteiger partial charge in [-0.15, -0.1) is 0 Å². The summed E-state index contributed by atoms with van der Waals surface area (Å²) >= 11 is 0. The lowest BCUT2D eigenvalue weighted by molar-refractivity contribution is -0.672. The lowest BCUT2D eigenvalue weighted by Gasteiger charge is -2.04. The van der Waals surface area contributed by atoms with E-state index in [1.807, 2.05) is 65.8 Å². The van der Waals surface area contributed by atoms with Gasteiger partial charge in [-0.2, -0.15) is 0 Å². The van der Waals surface area contributed by atoms with Gasteiger partial charge >= 0.3 is 5.82 Å². The molecular formula is C17H20ClN3O2. The lowest BCUT2D eigenvalue weighted by atomic mass is 10.1. The Morgan fingerprint density at radius 2 is 2.13 bits per heavy atom. The number of hydrogen-bond donors (Lipinski definition) is 1. The number of aromatic nitrogens is 2. The van der Waals surface area contributed by atoms with Crippen molar-refractivity contribution in [2.24, 2.45) is 18.1 Å². The van der Waals surface area contributed by atoms with E-state index in [1.54, 1.807) is 0 Å². The number of benzene rings is 1. The fourth-order valence-electron chi connectivity index (χ4n) is 1.96. The normalized spacial score (nSPS) is 11.6. The molecule has 6 heteroatoms. The lowest BCUT2D eigenvalue weighted by Crippen LogP contribution is -3.00. The Kier molecular flexibility index (Phi) is 7.89. The van der Waals surface area contributed by atoms with Crippen LogP contribution in [-0.2, 0) is 18.5 Å². The molecule has 1 aromatic heterocycles. The standard InChI is InChI=1S/C17H19N3O2.ClH/c1-15(8-9-16-6-4-3-5-7-16)13-22-14-20-11-10-19(2)17(20)12-18-21;/h3-7,10-12,15H,13-14H2,1-2H3;1H. The van der Waals surface area contributed by atoms with Crippen molar-refractivity contribution in [3.05, 3.63) is 54.1 Å². The molecule has 1 aromatic carbocycles. The number of imidazole rings is 1. The summed E-state index contributed by atoms with van der Waals surface area (Å²) in [5.74, 6) is 7.20. The molecule has 0 aliphatic rings. The first-order valence-corrected chi connectivity index (χ1v) is 7.07. The van der Waals surface area contributed by atoms with Crippen LogP contribution in [0.15, 0.2) is 47.9 Å². The summed E-state index contributed by atoms with van der Waals surface area (Å²) in [6, 6.07) is 9.90. The summed E-state index contributed by atoms with van der Waals surface area (Å²) in [6.45, 7) is 2.96. The van der Waals surface area contributed by atoms with Crippen molar-refractivity contribution in [2.75, 3.05) is 6.61 Å². The maximum atomic E-state index is 8.66. The van der Waals surface area contributed by atoms with Gasteiger partial charge in [0.05, 0.1) is 13.7 Å². The number of halogens is 1. The number of ether oxygens (including phenoxy) is 1. The fraction of sp³-hybridized carbons (Fsp3) is 0.294. The number of aryl methyl sites for hydroxylation is 1. The molecular weight excluding hydrogens is 314 g/mol. The van der Waals surface area contributed by atoms with Crippen molar-refractivity contribution < 1.29 is 26.9 Å². The molecule has 0 bridgehead atoms. The third-order valence-corrected chi connectivity index (χ3v) is 3.13. The highest BCUT2D eigenvalue weighted by Crippen LogP contribution is 2.00. The van der Waals surface area contributed by atoms with E-state index < -0.39 is 0 Å². The third kappa shape index (κ3) is 5.78. The van der Waals surface area contributed by atoms with Gasteiger partial charge in [0.25, 0.3) is 0 Å². The smallest absolute Gasteiger partial charge is 0.305 e. The Morgan fingerprint density at radius 3 is 2.83 bits per heavy atom. The molecule has 1 heterocycles. The Bertz CT molecular complexity index is 687. The van der Waals surface area contributed by atoms with Crippen molar-refractivity contribution in [3.8, 4) is 11.8 Å². The van der Waals surface area contributed by atoms with Gasteiger partial charge in [-0.05, 0) is 19.1 Å². The van der Waals surface area contributed by atoms with E-state index >= 15 is 0 Å². The van der Waals surface area contributed by atoms with Crippen molar-refractivity contribution >= 4 is 6.21 Å². The largest absolute Gasteiger partial charge is 1.00 e. The second-order valence-corrected chi connectivity index (χ2v) is 5.02. The van der Waals surface area contributed by atoms with E-state index in [0.29, 0.717) is 13.3 Å².